The molecule has 1 heterocycles. The Kier molecular flexibility index (Phi) is 6.84. The average molecular weight is 611 g/mol. The van der Waals surface area contributed by atoms with Gasteiger partial charge in [0.25, 0.3) is 0 Å². The van der Waals surface area contributed by atoms with E-state index in [9.17, 15) is 0 Å². The molecule has 0 spiro atoms. The van der Waals surface area contributed by atoms with E-state index >= 15 is 0 Å². The van der Waals surface area contributed by atoms with E-state index in [0.717, 1.165) is 50.2 Å². The van der Waals surface area contributed by atoms with Crippen molar-refractivity contribution < 1.29 is 0 Å². The van der Waals surface area contributed by atoms with Crippen LogP contribution in [0.2, 0.25) is 0 Å². The molecule has 8 aromatic carbocycles. The van der Waals surface area contributed by atoms with E-state index in [2.05, 4.69) is 176 Å². The van der Waals surface area contributed by atoms with Crippen molar-refractivity contribution in [3.8, 4) is 56.2 Å². The molecule has 0 bridgehead atoms. The van der Waals surface area contributed by atoms with Gasteiger partial charge in [0, 0.05) is 16.7 Å². The fraction of sp³-hybridized carbons (Fsp3) is 0. The molecule has 9 rings (SSSR count). The van der Waals surface area contributed by atoms with Gasteiger partial charge in [-0.1, -0.05) is 164 Å². The minimum atomic E-state index is 0.723. The topological polar surface area (TPSA) is 25.8 Å². The van der Waals surface area contributed by atoms with Crippen LogP contribution in [-0.4, -0.2) is 9.97 Å². The Labute approximate surface area is 279 Å². The third-order valence-electron chi connectivity index (χ3n) is 9.27. The van der Waals surface area contributed by atoms with Gasteiger partial charge in [0.1, 0.15) is 0 Å². The highest BCUT2D eigenvalue weighted by atomic mass is 14.9. The third-order valence-corrected chi connectivity index (χ3v) is 9.27. The van der Waals surface area contributed by atoms with Gasteiger partial charge in [0.2, 0.25) is 0 Å². The van der Waals surface area contributed by atoms with Crippen molar-refractivity contribution in [2.75, 3.05) is 0 Å². The summed E-state index contributed by atoms with van der Waals surface area (Å²) in [6.45, 7) is 0. The number of nitrogens with zero attached hydrogens (tertiary/aromatic N) is 2. The fourth-order valence-corrected chi connectivity index (χ4v) is 6.87. The molecule has 0 saturated carbocycles. The molecule has 9 aromatic rings. The van der Waals surface area contributed by atoms with E-state index < -0.39 is 0 Å². The molecule has 0 fully saturated rings. The molecular weight excluding hydrogens is 581 g/mol. The van der Waals surface area contributed by atoms with Crippen LogP contribution in [0.3, 0.4) is 0 Å². The number of hydrogen-bond acceptors (Lipinski definition) is 2. The number of fused-ring (bicyclic) bond motifs is 4. The van der Waals surface area contributed by atoms with Crippen LogP contribution >= 0.6 is 0 Å². The molecule has 1 aromatic heterocycles. The quantitative estimate of drug-likeness (QED) is 0.143. The molecule has 0 atom stereocenters. The summed E-state index contributed by atoms with van der Waals surface area (Å²) in [5.41, 5.74) is 9.70. The van der Waals surface area contributed by atoms with Gasteiger partial charge >= 0.3 is 0 Å². The second-order valence-electron chi connectivity index (χ2n) is 12.2. The van der Waals surface area contributed by atoms with Crippen LogP contribution in [0.25, 0.3) is 88.5 Å². The molecule has 0 saturated heterocycles. The van der Waals surface area contributed by atoms with Crippen molar-refractivity contribution in [3.63, 3.8) is 0 Å². The number of rotatable bonds is 5. The second kappa shape index (κ2) is 11.8. The Bertz CT molecular complexity index is 2590. The maximum atomic E-state index is 5.36. The maximum Gasteiger partial charge on any atom is 0.161 e. The van der Waals surface area contributed by atoms with Crippen molar-refractivity contribution in [2.45, 2.75) is 0 Å². The third kappa shape index (κ3) is 5.01. The van der Waals surface area contributed by atoms with Crippen LogP contribution in [0.5, 0.6) is 0 Å². The summed E-state index contributed by atoms with van der Waals surface area (Å²) in [7, 11) is 0. The fourth-order valence-electron chi connectivity index (χ4n) is 6.87. The predicted octanol–water partition coefficient (Wildman–Crippen LogP) is 12.3. The van der Waals surface area contributed by atoms with Gasteiger partial charge in [0.15, 0.2) is 5.82 Å². The molecule has 0 aliphatic rings. The highest BCUT2D eigenvalue weighted by molar-refractivity contribution is 6.19. The lowest BCUT2D eigenvalue weighted by molar-refractivity contribution is 1.19. The lowest BCUT2D eigenvalue weighted by Crippen LogP contribution is -1.98. The minimum absolute atomic E-state index is 0.723. The van der Waals surface area contributed by atoms with Crippen LogP contribution in [0.15, 0.2) is 182 Å². The van der Waals surface area contributed by atoms with Crippen molar-refractivity contribution in [1.82, 2.24) is 9.97 Å². The van der Waals surface area contributed by atoms with E-state index in [0.29, 0.717) is 0 Å². The van der Waals surface area contributed by atoms with E-state index in [1.165, 1.54) is 38.2 Å². The van der Waals surface area contributed by atoms with Crippen molar-refractivity contribution in [1.29, 1.82) is 0 Å². The van der Waals surface area contributed by atoms with Crippen LogP contribution in [0.4, 0.5) is 0 Å². The Morgan fingerprint density at radius 1 is 0.271 bits per heavy atom. The summed E-state index contributed by atoms with van der Waals surface area (Å²) >= 11 is 0. The van der Waals surface area contributed by atoms with E-state index in [1.54, 1.807) is 0 Å². The van der Waals surface area contributed by atoms with Crippen LogP contribution in [0.1, 0.15) is 0 Å². The summed E-state index contributed by atoms with van der Waals surface area (Å²) in [4.78, 5) is 10.6. The van der Waals surface area contributed by atoms with Crippen molar-refractivity contribution >= 4 is 32.3 Å². The largest absolute Gasteiger partial charge is 0.228 e. The Morgan fingerprint density at radius 3 is 1.56 bits per heavy atom. The van der Waals surface area contributed by atoms with Crippen LogP contribution in [-0.2, 0) is 0 Å². The maximum absolute atomic E-state index is 5.36. The first-order valence-corrected chi connectivity index (χ1v) is 16.3. The normalized spacial score (nSPS) is 11.3. The van der Waals surface area contributed by atoms with Gasteiger partial charge in [0.05, 0.1) is 11.4 Å². The summed E-state index contributed by atoms with van der Waals surface area (Å²) in [5.74, 6) is 0.723. The molecule has 0 amide bonds. The molecule has 2 nitrogen and oxygen atoms in total. The Morgan fingerprint density at radius 2 is 0.812 bits per heavy atom. The van der Waals surface area contributed by atoms with Crippen LogP contribution in [0, 0.1) is 0 Å². The summed E-state index contributed by atoms with van der Waals surface area (Å²) in [5, 5.41) is 7.12. The molecule has 0 aliphatic carbocycles. The highest BCUT2D eigenvalue weighted by Gasteiger charge is 2.17. The predicted molar refractivity (Wildman–Crippen MR) is 202 cm³/mol. The Hall–Kier alpha value is -6.38. The van der Waals surface area contributed by atoms with Crippen molar-refractivity contribution in [2.24, 2.45) is 0 Å². The van der Waals surface area contributed by atoms with Gasteiger partial charge in [-0.3, -0.25) is 0 Å². The SMILES string of the molecule is c1ccc(-c2ccc(-c3cccc(-c4cc(-c5ccccc5)nc(-c5c6ccccc6cc6c5ccc5ccccc56)n4)c3)cc2)cc1. The van der Waals surface area contributed by atoms with Crippen LogP contribution < -0.4 is 0 Å². The monoisotopic (exact) mass is 610 g/mol. The average Bonchev–Trinajstić information content (AvgIpc) is 3.17. The van der Waals surface area contributed by atoms with Crippen molar-refractivity contribution in [3.05, 3.63) is 182 Å². The first kappa shape index (κ1) is 27.9. The summed E-state index contributed by atoms with van der Waals surface area (Å²) < 4.78 is 0. The first-order chi connectivity index (χ1) is 23.8. The zero-order valence-corrected chi connectivity index (χ0v) is 26.2. The number of benzene rings is 8. The van der Waals surface area contributed by atoms with Gasteiger partial charge in [-0.25, -0.2) is 9.97 Å². The Balaban J connectivity index is 1.24. The molecule has 0 aliphatic heterocycles. The highest BCUT2D eigenvalue weighted by Crippen LogP contribution is 2.40. The molecule has 0 radical (unpaired) electrons. The van der Waals surface area contributed by atoms with Gasteiger partial charge in [-0.05, 0) is 72.8 Å². The van der Waals surface area contributed by atoms with E-state index in [-0.39, 0.29) is 0 Å². The van der Waals surface area contributed by atoms with Gasteiger partial charge in [-0.15, -0.1) is 0 Å². The summed E-state index contributed by atoms with van der Waals surface area (Å²) in [6.07, 6.45) is 0. The molecule has 48 heavy (non-hydrogen) atoms. The number of aromatic nitrogens is 2. The molecular formula is C46H30N2. The second-order valence-corrected chi connectivity index (χ2v) is 12.2. The summed E-state index contributed by atoms with van der Waals surface area (Å²) in [6, 6.07) is 64.5. The standard InChI is InChI=1S/C46H30N2/c1-3-12-31(13-4-1)32-22-24-33(25-23-32)36-18-11-19-38(28-36)44-30-43(35-15-5-2-6-16-35)47-46(48-44)45-40-21-10-8-17-37(40)29-42-39-20-9-7-14-34(39)26-27-41(42)45/h1-30H. The minimum Gasteiger partial charge on any atom is -0.228 e. The lowest BCUT2D eigenvalue weighted by Gasteiger charge is -2.15. The lowest BCUT2D eigenvalue weighted by atomic mass is 9.92. The number of hydrogen-bond donors (Lipinski definition) is 0. The smallest absolute Gasteiger partial charge is 0.161 e. The van der Waals surface area contributed by atoms with Gasteiger partial charge < -0.3 is 0 Å². The molecule has 0 unspecified atom stereocenters. The van der Waals surface area contributed by atoms with E-state index in [1.807, 2.05) is 6.07 Å². The molecule has 224 valence electrons. The molecule has 0 N–H and O–H groups in total. The zero-order valence-electron chi connectivity index (χ0n) is 26.2. The first-order valence-electron chi connectivity index (χ1n) is 16.3. The van der Waals surface area contributed by atoms with E-state index in [4.69, 9.17) is 9.97 Å². The zero-order chi connectivity index (χ0) is 31.9. The molecule has 2 heteroatoms. The van der Waals surface area contributed by atoms with Gasteiger partial charge in [-0.2, -0.15) is 0 Å².